The number of benzene rings is 2. The largest absolute Gasteiger partial charge is 0.370 e. The average molecular weight is 368 g/mol. The molecule has 0 saturated carbocycles. The predicted octanol–water partition coefficient (Wildman–Crippen LogP) is 5.02. The fraction of sp³-hybridized carbons (Fsp3) is 0.294. The van der Waals surface area contributed by atoms with Gasteiger partial charge in [-0.1, -0.05) is 45.7 Å². The summed E-state index contributed by atoms with van der Waals surface area (Å²) in [6, 6.07) is 14.8. The molecule has 2 rings (SSSR count). The minimum Gasteiger partial charge on any atom is -0.370 e. The van der Waals surface area contributed by atoms with E-state index in [0.29, 0.717) is 6.04 Å². The van der Waals surface area contributed by atoms with Gasteiger partial charge in [-0.25, -0.2) is 0 Å². The molecule has 2 nitrogen and oxygen atoms in total. The van der Waals surface area contributed by atoms with E-state index in [9.17, 15) is 0 Å². The lowest BCUT2D eigenvalue weighted by Gasteiger charge is -2.22. The summed E-state index contributed by atoms with van der Waals surface area (Å²) < 4.78 is 1.12. The molecule has 0 aliphatic rings. The molecule has 1 atom stereocenters. The Bertz CT molecular complexity index is 615. The molecule has 0 saturated heterocycles. The maximum atomic E-state index is 6.04. The zero-order valence-electron chi connectivity index (χ0n) is 12.5. The minimum atomic E-state index is 0.326. The Morgan fingerprint density at radius 1 is 1.24 bits per heavy atom. The summed E-state index contributed by atoms with van der Waals surface area (Å²) in [5, 5.41) is 4.04. The number of halogens is 2. The molecule has 0 fully saturated rings. The summed E-state index contributed by atoms with van der Waals surface area (Å²) in [6.07, 6.45) is 0. The Morgan fingerprint density at radius 3 is 2.62 bits per heavy atom. The van der Waals surface area contributed by atoms with Crippen LogP contribution in [0.5, 0.6) is 0 Å². The van der Waals surface area contributed by atoms with Crippen LogP contribution in [0, 0.1) is 0 Å². The highest BCUT2D eigenvalue weighted by Crippen LogP contribution is 2.28. The Balaban J connectivity index is 2.16. The van der Waals surface area contributed by atoms with Crippen molar-refractivity contribution in [3.05, 3.63) is 63.1 Å². The standard InChI is InChI=1S/C17H20BrClN2/c1-12(20-2)16-8-7-15(10-17(16)18)21(3)11-13-5-4-6-14(19)9-13/h4-10,12,20H,11H2,1-3H3. The van der Waals surface area contributed by atoms with Crippen molar-refractivity contribution >= 4 is 33.2 Å². The first kappa shape index (κ1) is 16.3. The van der Waals surface area contributed by atoms with Gasteiger partial charge >= 0.3 is 0 Å². The zero-order chi connectivity index (χ0) is 15.4. The molecule has 0 aliphatic heterocycles. The zero-order valence-corrected chi connectivity index (χ0v) is 14.9. The highest BCUT2D eigenvalue weighted by molar-refractivity contribution is 9.10. The second-order valence-corrected chi connectivity index (χ2v) is 6.49. The molecule has 0 bridgehead atoms. The van der Waals surface area contributed by atoms with Crippen molar-refractivity contribution in [1.82, 2.24) is 5.32 Å². The van der Waals surface area contributed by atoms with Gasteiger partial charge in [0.05, 0.1) is 0 Å². The predicted molar refractivity (Wildman–Crippen MR) is 95.2 cm³/mol. The van der Waals surface area contributed by atoms with Gasteiger partial charge in [0.25, 0.3) is 0 Å². The van der Waals surface area contributed by atoms with E-state index in [0.717, 1.165) is 16.0 Å². The lowest BCUT2D eigenvalue weighted by Crippen LogP contribution is -2.17. The number of anilines is 1. The summed E-state index contributed by atoms with van der Waals surface area (Å²) in [5.74, 6) is 0. The van der Waals surface area contributed by atoms with E-state index >= 15 is 0 Å². The van der Waals surface area contributed by atoms with Gasteiger partial charge in [-0.15, -0.1) is 0 Å². The lowest BCUT2D eigenvalue weighted by atomic mass is 10.1. The molecule has 1 N–H and O–H groups in total. The van der Waals surface area contributed by atoms with E-state index in [4.69, 9.17) is 11.6 Å². The summed E-state index contributed by atoms with van der Waals surface area (Å²) in [4.78, 5) is 2.21. The fourth-order valence-corrected chi connectivity index (χ4v) is 3.18. The third kappa shape index (κ3) is 4.22. The van der Waals surface area contributed by atoms with Crippen LogP contribution >= 0.6 is 27.5 Å². The van der Waals surface area contributed by atoms with Gasteiger partial charge in [0.1, 0.15) is 0 Å². The van der Waals surface area contributed by atoms with Gasteiger partial charge in [-0.3, -0.25) is 0 Å². The van der Waals surface area contributed by atoms with Crippen molar-refractivity contribution < 1.29 is 0 Å². The first-order chi connectivity index (χ1) is 10.0. The number of nitrogens with zero attached hydrogens (tertiary/aromatic N) is 1. The Kier molecular flexibility index (Phi) is 5.68. The first-order valence-electron chi connectivity index (χ1n) is 6.93. The number of hydrogen-bond donors (Lipinski definition) is 1. The SMILES string of the molecule is CNC(C)c1ccc(N(C)Cc2cccc(Cl)c2)cc1Br. The smallest absolute Gasteiger partial charge is 0.0426 e. The minimum absolute atomic E-state index is 0.326. The Labute approximate surface area is 140 Å². The van der Waals surface area contributed by atoms with Gasteiger partial charge in [0, 0.05) is 34.8 Å². The Morgan fingerprint density at radius 2 is 2.00 bits per heavy atom. The quantitative estimate of drug-likeness (QED) is 0.798. The van der Waals surface area contributed by atoms with E-state index in [1.165, 1.54) is 16.8 Å². The Hall–Kier alpha value is -1.03. The summed E-state index contributed by atoms with van der Waals surface area (Å²) in [5.41, 5.74) is 3.64. The molecule has 0 spiro atoms. The highest BCUT2D eigenvalue weighted by Gasteiger charge is 2.10. The molecule has 21 heavy (non-hydrogen) atoms. The van der Waals surface area contributed by atoms with Crippen molar-refractivity contribution in [2.75, 3.05) is 19.0 Å². The molecule has 112 valence electrons. The van der Waals surface area contributed by atoms with Gasteiger partial charge in [-0.2, -0.15) is 0 Å². The summed E-state index contributed by atoms with van der Waals surface area (Å²) in [7, 11) is 4.06. The van der Waals surface area contributed by atoms with Gasteiger partial charge in [0.15, 0.2) is 0 Å². The molecule has 0 aliphatic carbocycles. The monoisotopic (exact) mass is 366 g/mol. The van der Waals surface area contributed by atoms with Gasteiger partial charge < -0.3 is 10.2 Å². The van der Waals surface area contributed by atoms with E-state index in [1.807, 2.05) is 25.2 Å². The van der Waals surface area contributed by atoms with Crippen molar-refractivity contribution in [2.45, 2.75) is 19.5 Å². The van der Waals surface area contributed by atoms with Crippen LogP contribution in [-0.4, -0.2) is 14.1 Å². The molecule has 0 aromatic heterocycles. The topological polar surface area (TPSA) is 15.3 Å². The van der Waals surface area contributed by atoms with Crippen LogP contribution in [0.4, 0.5) is 5.69 Å². The molecular formula is C17H20BrClN2. The van der Waals surface area contributed by atoms with E-state index in [1.54, 1.807) is 0 Å². The maximum absolute atomic E-state index is 6.04. The molecule has 1 unspecified atom stereocenters. The third-order valence-corrected chi connectivity index (χ3v) is 4.55. The second-order valence-electron chi connectivity index (χ2n) is 5.20. The van der Waals surface area contributed by atoms with Gasteiger partial charge in [0.2, 0.25) is 0 Å². The first-order valence-corrected chi connectivity index (χ1v) is 8.10. The molecule has 4 heteroatoms. The van der Waals surface area contributed by atoms with Crippen molar-refractivity contribution in [2.24, 2.45) is 0 Å². The number of nitrogens with one attached hydrogen (secondary N) is 1. The highest BCUT2D eigenvalue weighted by atomic mass is 79.9. The lowest BCUT2D eigenvalue weighted by molar-refractivity contribution is 0.649. The number of rotatable bonds is 5. The van der Waals surface area contributed by atoms with Crippen LogP contribution in [0.1, 0.15) is 24.1 Å². The van der Waals surface area contributed by atoms with Crippen molar-refractivity contribution in [3.63, 3.8) is 0 Å². The van der Waals surface area contributed by atoms with E-state index in [2.05, 4.69) is 64.4 Å². The molecule has 2 aromatic rings. The normalized spacial score (nSPS) is 12.2. The summed E-state index contributed by atoms with van der Waals surface area (Å²) >= 11 is 9.70. The van der Waals surface area contributed by atoms with Crippen LogP contribution in [0.25, 0.3) is 0 Å². The molecular weight excluding hydrogens is 348 g/mol. The molecule has 2 aromatic carbocycles. The molecule has 0 heterocycles. The fourth-order valence-electron chi connectivity index (χ4n) is 2.26. The van der Waals surface area contributed by atoms with Gasteiger partial charge in [-0.05, 0) is 49.4 Å². The second kappa shape index (κ2) is 7.30. The van der Waals surface area contributed by atoms with Crippen LogP contribution in [-0.2, 0) is 6.54 Å². The number of hydrogen-bond acceptors (Lipinski definition) is 2. The van der Waals surface area contributed by atoms with Crippen LogP contribution in [0.15, 0.2) is 46.9 Å². The van der Waals surface area contributed by atoms with Crippen LogP contribution in [0.2, 0.25) is 5.02 Å². The summed E-state index contributed by atoms with van der Waals surface area (Å²) in [6.45, 7) is 2.98. The van der Waals surface area contributed by atoms with E-state index < -0.39 is 0 Å². The van der Waals surface area contributed by atoms with Crippen molar-refractivity contribution in [1.29, 1.82) is 0 Å². The average Bonchev–Trinajstić information content (AvgIpc) is 2.46. The molecule has 0 radical (unpaired) electrons. The van der Waals surface area contributed by atoms with Crippen molar-refractivity contribution in [3.8, 4) is 0 Å². The third-order valence-electron chi connectivity index (χ3n) is 3.63. The maximum Gasteiger partial charge on any atom is 0.0426 e. The van der Waals surface area contributed by atoms with Crippen LogP contribution in [0.3, 0.4) is 0 Å². The van der Waals surface area contributed by atoms with Crippen LogP contribution < -0.4 is 10.2 Å². The van der Waals surface area contributed by atoms with E-state index in [-0.39, 0.29) is 0 Å². The molecule has 0 amide bonds.